The highest BCUT2D eigenvalue weighted by Gasteiger charge is 2.43. The van der Waals surface area contributed by atoms with Crippen molar-refractivity contribution in [3.8, 4) is 5.75 Å². The van der Waals surface area contributed by atoms with Crippen LogP contribution < -0.4 is 21.1 Å². The van der Waals surface area contributed by atoms with Crippen LogP contribution in [0.15, 0.2) is 73.1 Å². The van der Waals surface area contributed by atoms with Gasteiger partial charge in [-0.05, 0) is 47.5 Å². The molecule has 1 aliphatic heterocycles. The SMILES string of the molecule is COc1ccc(NC(=O)N2CCN(C(=O)c3ccncc3)C2C(=O)NCc2cccc(CN)c2)cc1. The van der Waals surface area contributed by atoms with E-state index in [1.807, 2.05) is 24.3 Å². The largest absolute Gasteiger partial charge is 0.497 e. The molecule has 1 saturated heterocycles. The molecule has 10 nitrogen and oxygen atoms in total. The second-order valence-electron chi connectivity index (χ2n) is 8.20. The number of ether oxygens (including phenoxy) is 1. The van der Waals surface area contributed by atoms with Crippen LogP contribution in [0.5, 0.6) is 5.75 Å². The molecule has 0 bridgehead atoms. The number of urea groups is 1. The average molecular weight is 489 g/mol. The van der Waals surface area contributed by atoms with E-state index in [1.165, 1.54) is 22.2 Å². The van der Waals surface area contributed by atoms with E-state index in [1.54, 1.807) is 43.5 Å². The summed E-state index contributed by atoms with van der Waals surface area (Å²) in [6, 6.07) is 17.1. The fourth-order valence-corrected chi connectivity index (χ4v) is 4.01. The molecule has 1 unspecified atom stereocenters. The number of anilines is 1. The van der Waals surface area contributed by atoms with E-state index in [9.17, 15) is 14.4 Å². The first-order chi connectivity index (χ1) is 17.5. The molecule has 186 valence electrons. The molecule has 4 rings (SSSR count). The average Bonchev–Trinajstić information content (AvgIpc) is 3.38. The molecule has 4 amide bonds. The van der Waals surface area contributed by atoms with Crippen molar-refractivity contribution >= 4 is 23.5 Å². The Labute approximate surface area is 209 Å². The third kappa shape index (κ3) is 5.61. The number of nitrogens with two attached hydrogens (primary N) is 1. The van der Waals surface area contributed by atoms with Crippen LogP contribution in [0.25, 0.3) is 0 Å². The van der Waals surface area contributed by atoms with Crippen LogP contribution in [0, 0.1) is 0 Å². The molecule has 4 N–H and O–H groups in total. The fraction of sp³-hybridized carbons (Fsp3) is 0.231. The van der Waals surface area contributed by atoms with Crippen LogP contribution in [-0.4, -0.2) is 59.0 Å². The summed E-state index contributed by atoms with van der Waals surface area (Å²) in [5.74, 6) is -0.167. The van der Waals surface area contributed by atoms with Crippen LogP contribution >= 0.6 is 0 Å². The van der Waals surface area contributed by atoms with Crippen molar-refractivity contribution in [2.45, 2.75) is 19.3 Å². The monoisotopic (exact) mass is 488 g/mol. The van der Waals surface area contributed by atoms with Gasteiger partial charge in [-0.25, -0.2) is 4.79 Å². The van der Waals surface area contributed by atoms with Gasteiger partial charge in [0, 0.05) is 49.8 Å². The maximum Gasteiger partial charge on any atom is 0.323 e. The highest BCUT2D eigenvalue weighted by Crippen LogP contribution is 2.21. The number of amides is 4. The molecule has 2 heterocycles. The molecule has 2 aromatic carbocycles. The normalized spacial score (nSPS) is 14.9. The lowest BCUT2D eigenvalue weighted by atomic mass is 10.1. The first-order valence-corrected chi connectivity index (χ1v) is 11.5. The summed E-state index contributed by atoms with van der Waals surface area (Å²) in [6.45, 7) is 1.02. The van der Waals surface area contributed by atoms with Gasteiger partial charge in [-0.15, -0.1) is 0 Å². The fourth-order valence-electron chi connectivity index (χ4n) is 4.01. The van der Waals surface area contributed by atoms with Gasteiger partial charge in [0.05, 0.1) is 7.11 Å². The number of aromatic nitrogens is 1. The highest BCUT2D eigenvalue weighted by molar-refractivity contribution is 6.00. The summed E-state index contributed by atoms with van der Waals surface area (Å²) in [5, 5.41) is 5.67. The first kappa shape index (κ1) is 24.7. The van der Waals surface area contributed by atoms with Crippen molar-refractivity contribution in [2.24, 2.45) is 5.73 Å². The van der Waals surface area contributed by atoms with E-state index in [4.69, 9.17) is 10.5 Å². The molecule has 3 aromatic rings. The van der Waals surface area contributed by atoms with Gasteiger partial charge < -0.3 is 26.0 Å². The van der Waals surface area contributed by atoms with Crippen LogP contribution in [0.3, 0.4) is 0 Å². The molecule has 0 saturated carbocycles. The molecule has 1 aromatic heterocycles. The lowest BCUT2D eigenvalue weighted by Crippen LogP contribution is -2.54. The standard InChI is InChI=1S/C26H28N6O4/c1-36-22-7-5-21(6-8-22)30-26(35)32-14-13-31(25(34)20-9-11-28-12-10-20)24(32)23(33)29-17-19-4-2-3-18(15-19)16-27/h2-12,15,24H,13-14,16-17,27H2,1H3,(H,29,33)(H,30,35). The molecule has 10 heteroatoms. The van der Waals surface area contributed by atoms with Crippen LogP contribution in [-0.2, 0) is 17.9 Å². The number of benzene rings is 2. The van der Waals surface area contributed by atoms with Crippen molar-refractivity contribution in [2.75, 3.05) is 25.5 Å². The van der Waals surface area contributed by atoms with Gasteiger partial charge in [-0.2, -0.15) is 0 Å². The third-order valence-electron chi connectivity index (χ3n) is 5.89. The summed E-state index contributed by atoms with van der Waals surface area (Å²) in [7, 11) is 1.56. The predicted octanol–water partition coefficient (Wildman–Crippen LogP) is 2.18. The summed E-state index contributed by atoms with van der Waals surface area (Å²) >= 11 is 0. The van der Waals surface area contributed by atoms with Crippen molar-refractivity contribution in [1.29, 1.82) is 0 Å². The number of rotatable bonds is 7. The topological polar surface area (TPSA) is 130 Å². The highest BCUT2D eigenvalue weighted by atomic mass is 16.5. The molecular weight excluding hydrogens is 460 g/mol. The van der Waals surface area contributed by atoms with Crippen LogP contribution in [0.1, 0.15) is 21.5 Å². The number of pyridine rings is 1. The van der Waals surface area contributed by atoms with Gasteiger partial charge in [0.2, 0.25) is 0 Å². The van der Waals surface area contributed by atoms with Gasteiger partial charge in [0.25, 0.3) is 11.8 Å². The summed E-state index contributed by atoms with van der Waals surface area (Å²) in [5.41, 5.74) is 8.45. The van der Waals surface area contributed by atoms with E-state index in [2.05, 4.69) is 15.6 Å². The van der Waals surface area contributed by atoms with E-state index >= 15 is 0 Å². The number of carbonyl (C=O) groups excluding carboxylic acids is 3. The maximum atomic E-state index is 13.4. The maximum absolute atomic E-state index is 13.4. The molecule has 0 radical (unpaired) electrons. The molecular formula is C26H28N6O4. The van der Waals surface area contributed by atoms with Gasteiger partial charge in [-0.1, -0.05) is 24.3 Å². The number of hydrogen-bond acceptors (Lipinski definition) is 6. The van der Waals surface area contributed by atoms with Crippen molar-refractivity contribution in [3.05, 3.63) is 89.7 Å². The Hall–Kier alpha value is -4.44. The first-order valence-electron chi connectivity index (χ1n) is 11.5. The number of hydrogen-bond donors (Lipinski definition) is 3. The van der Waals surface area contributed by atoms with Crippen LogP contribution in [0.2, 0.25) is 0 Å². The molecule has 1 aliphatic rings. The smallest absolute Gasteiger partial charge is 0.323 e. The minimum Gasteiger partial charge on any atom is -0.497 e. The van der Waals surface area contributed by atoms with E-state index in [0.717, 1.165) is 11.1 Å². The number of nitrogens with zero attached hydrogens (tertiary/aromatic N) is 3. The zero-order chi connectivity index (χ0) is 25.5. The van der Waals surface area contributed by atoms with Gasteiger partial charge in [0.15, 0.2) is 6.17 Å². The second kappa shape index (κ2) is 11.3. The van der Waals surface area contributed by atoms with Crippen LogP contribution in [0.4, 0.5) is 10.5 Å². The van der Waals surface area contributed by atoms with Gasteiger partial charge in [-0.3, -0.25) is 19.5 Å². The quantitative estimate of drug-likeness (QED) is 0.467. The predicted molar refractivity (Wildman–Crippen MR) is 134 cm³/mol. The minimum atomic E-state index is -1.12. The second-order valence-corrected chi connectivity index (χ2v) is 8.20. The van der Waals surface area contributed by atoms with Gasteiger partial charge in [0.1, 0.15) is 5.75 Å². The summed E-state index contributed by atoms with van der Waals surface area (Å²) in [6.07, 6.45) is 1.90. The summed E-state index contributed by atoms with van der Waals surface area (Å²) < 4.78 is 5.15. The Bertz CT molecular complexity index is 1220. The Kier molecular flexibility index (Phi) is 7.76. The van der Waals surface area contributed by atoms with Crippen molar-refractivity contribution in [1.82, 2.24) is 20.1 Å². The zero-order valence-electron chi connectivity index (χ0n) is 19.9. The Morgan fingerprint density at radius 2 is 1.69 bits per heavy atom. The summed E-state index contributed by atoms with van der Waals surface area (Å²) in [4.78, 5) is 46.5. The lowest BCUT2D eigenvalue weighted by molar-refractivity contribution is -0.128. The Morgan fingerprint density at radius 3 is 2.39 bits per heavy atom. The number of methoxy groups -OCH3 is 1. The number of nitrogens with one attached hydrogen (secondary N) is 2. The number of carbonyl (C=O) groups is 3. The van der Waals surface area contributed by atoms with Crippen molar-refractivity contribution in [3.63, 3.8) is 0 Å². The van der Waals surface area contributed by atoms with Crippen molar-refractivity contribution < 1.29 is 19.1 Å². The minimum absolute atomic E-state index is 0.194. The van der Waals surface area contributed by atoms with E-state index in [-0.39, 0.29) is 25.5 Å². The molecule has 0 aliphatic carbocycles. The molecule has 36 heavy (non-hydrogen) atoms. The van der Waals surface area contributed by atoms with E-state index in [0.29, 0.717) is 23.5 Å². The Balaban J connectivity index is 1.54. The lowest BCUT2D eigenvalue weighted by Gasteiger charge is -2.29. The molecule has 1 fully saturated rings. The Morgan fingerprint density at radius 1 is 1.00 bits per heavy atom. The molecule has 1 atom stereocenters. The third-order valence-corrected chi connectivity index (χ3v) is 5.89. The molecule has 0 spiro atoms. The van der Waals surface area contributed by atoms with E-state index < -0.39 is 18.1 Å². The zero-order valence-corrected chi connectivity index (χ0v) is 19.9. The van der Waals surface area contributed by atoms with Gasteiger partial charge >= 0.3 is 6.03 Å².